The second kappa shape index (κ2) is 10.9. The summed E-state index contributed by atoms with van der Waals surface area (Å²) in [5.41, 5.74) is 7.11. The zero-order valence-electron chi connectivity index (χ0n) is 15.0. The van der Waals surface area contributed by atoms with Gasteiger partial charge in [0, 0.05) is 6.54 Å². The van der Waals surface area contributed by atoms with Crippen LogP contribution in [0.1, 0.15) is 26.3 Å². The number of nitrogens with one attached hydrogen (secondary N) is 2. The Morgan fingerprint density at radius 2 is 2.08 bits per heavy atom. The van der Waals surface area contributed by atoms with E-state index in [4.69, 9.17) is 34.0 Å². The van der Waals surface area contributed by atoms with Crippen LogP contribution in [0.25, 0.3) is 0 Å². The molecule has 8 heteroatoms. The molecular weight excluding hydrogens is 375 g/mol. The number of benzene rings is 1. The van der Waals surface area contributed by atoms with Crippen LogP contribution in [0.4, 0.5) is 0 Å². The summed E-state index contributed by atoms with van der Waals surface area (Å²) < 4.78 is 0. The number of aliphatic hydroxyl groups is 1. The van der Waals surface area contributed by atoms with E-state index in [1.165, 1.54) is 6.20 Å². The summed E-state index contributed by atoms with van der Waals surface area (Å²) in [5, 5.41) is 16.0. The van der Waals surface area contributed by atoms with Crippen molar-refractivity contribution in [2.45, 2.75) is 33.4 Å². The number of carbonyl (C=O) groups is 1. The molecule has 1 aromatic rings. The molecule has 0 spiro atoms. The van der Waals surface area contributed by atoms with Crippen molar-refractivity contribution < 1.29 is 9.90 Å². The molecule has 1 aromatic carbocycles. The normalized spacial score (nSPS) is 14.2. The monoisotopic (exact) mass is 398 g/mol. The van der Waals surface area contributed by atoms with Crippen LogP contribution < -0.4 is 16.4 Å². The fourth-order valence-electron chi connectivity index (χ4n) is 1.93. The van der Waals surface area contributed by atoms with Gasteiger partial charge in [0.25, 0.3) is 5.91 Å². The average molecular weight is 399 g/mol. The van der Waals surface area contributed by atoms with E-state index in [1.807, 2.05) is 6.07 Å². The Labute approximate surface area is 163 Å². The summed E-state index contributed by atoms with van der Waals surface area (Å²) in [6.07, 6.45) is 3.03. The lowest BCUT2D eigenvalue weighted by molar-refractivity contribution is -0.114. The number of aliphatic imine (C=N–C) groups is 1. The third kappa shape index (κ3) is 6.71. The van der Waals surface area contributed by atoms with Crippen molar-refractivity contribution in [3.05, 3.63) is 57.5 Å². The maximum atomic E-state index is 12.5. The Balaban J connectivity index is 2.83. The number of allylic oxidation sites excluding steroid dienone is 1. The molecule has 0 fully saturated rings. The molecule has 142 valence electrons. The van der Waals surface area contributed by atoms with E-state index in [-0.39, 0.29) is 12.3 Å². The van der Waals surface area contributed by atoms with Gasteiger partial charge in [0.15, 0.2) is 0 Å². The average Bonchev–Trinajstić information content (AvgIpc) is 2.64. The van der Waals surface area contributed by atoms with E-state index in [0.717, 1.165) is 5.56 Å². The largest absolute Gasteiger partial charge is 0.404 e. The van der Waals surface area contributed by atoms with Gasteiger partial charge in [-0.25, -0.2) is 0 Å². The Morgan fingerprint density at radius 1 is 1.38 bits per heavy atom. The van der Waals surface area contributed by atoms with Crippen molar-refractivity contribution >= 4 is 34.8 Å². The molecule has 0 saturated heterocycles. The second-order valence-electron chi connectivity index (χ2n) is 5.62. The SMILES string of the molecule is CC=C(NCc1ccc(Cl)c(Cl)c1)NC(=O)C(=NC(C)CO)C(C)=CN. The number of hydrogen-bond acceptors (Lipinski definition) is 5. The van der Waals surface area contributed by atoms with Crippen molar-refractivity contribution in [2.75, 3.05) is 6.61 Å². The maximum absolute atomic E-state index is 12.5. The van der Waals surface area contributed by atoms with Gasteiger partial charge >= 0.3 is 0 Å². The number of aliphatic hydroxyl groups excluding tert-OH is 1. The van der Waals surface area contributed by atoms with E-state index in [2.05, 4.69) is 15.6 Å². The van der Waals surface area contributed by atoms with Crippen LogP contribution in [-0.4, -0.2) is 29.4 Å². The minimum Gasteiger partial charge on any atom is -0.404 e. The molecule has 1 atom stereocenters. The summed E-state index contributed by atoms with van der Waals surface area (Å²) in [4.78, 5) is 16.7. The Hall–Kier alpha value is -2.02. The lowest BCUT2D eigenvalue weighted by Gasteiger charge is -2.15. The zero-order valence-corrected chi connectivity index (χ0v) is 16.5. The second-order valence-corrected chi connectivity index (χ2v) is 6.43. The fraction of sp³-hybridized carbons (Fsp3) is 0.333. The molecule has 0 saturated carbocycles. The van der Waals surface area contributed by atoms with Crippen LogP contribution in [-0.2, 0) is 11.3 Å². The van der Waals surface area contributed by atoms with Gasteiger partial charge in [-0.15, -0.1) is 0 Å². The summed E-state index contributed by atoms with van der Waals surface area (Å²) >= 11 is 11.9. The Kier molecular flexibility index (Phi) is 9.19. The molecular formula is C18H24Cl2N4O2. The van der Waals surface area contributed by atoms with Crippen molar-refractivity contribution in [3.8, 4) is 0 Å². The molecule has 0 bridgehead atoms. The molecule has 1 rings (SSSR count). The minimum absolute atomic E-state index is 0.166. The van der Waals surface area contributed by atoms with Crippen molar-refractivity contribution in [1.82, 2.24) is 10.6 Å². The number of halogens is 2. The first-order valence-corrected chi connectivity index (χ1v) is 8.80. The van der Waals surface area contributed by atoms with E-state index in [0.29, 0.717) is 28.0 Å². The van der Waals surface area contributed by atoms with E-state index in [9.17, 15) is 4.79 Å². The number of rotatable bonds is 8. The topological polar surface area (TPSA) is 99.7 Å². The summed E-state index contributed by atoms with van der Waals surface area (Å²) in [5.74, 6) is 0.0921. The third-order valence-electron chi connectivity index (χ3n) is 3.46. The van der Waals surface area contributed by atoms with Gasteiger partial charge in [-0.1, -0.05) is 29.3 Å². The molecule has 1 amide bonds. The van der Waals surface area contributed by atoms with Gasteiger partial charge < -0.3 is 21.5 Å². The summed E-state index contributed by atoms with van der Waals surface area (Å²) in [6, 6.07) is 4.89. The molecule has 0 heterocycles. The van der Waals surface area contributed by atoms with Gasteiger partial charge in [0.2, 0.25) is 0 Å². The maximum Gasteiger partial charge on any atom is 0.275 e. The molecule has 0 aliphatic heterocycles. The quantitative estimate of drug-likeness (QED) is 0.505. The first-order valence-electron chi connectivity index (χ1n) is 8.05. The van der Waals surface area contributed by atoms with Crippen LogP contribution in [0.5, 0.6) is 0 Å². The lowest BCUT2D eigenvalue weighted by atomic mass is 10.1. The van der Waals surface area contributed by atoms with Crippen molar-refractivity contribution in [3.63, 3.8) is 0 Å². The van der Waals surface area contributed by atoms with Crippen molar-refractivity contribution in [1.29, 1.82) is 0 Å². The van der Waals surface area contributed by atoms with Gasteiger partial charge in [0.1, 0.15) is 11.5 Å². The van der Waals surface area contributed by atoms with Crippen LogP contribution >= 0.6 is 23.2 Å². The molecule has 1 unspecified atom stereocenters. The van der Waals surface area contributed by atoms with E-state index >= 15 is 0 Å². The van der Waals surface area contributed by atoms with Gasteiger partial charge in [0.05, 0.1) is 22.7 Å². The van der Waals surface area contributed by atoms with E-state index in [1.54, 1.807) is 39.0 Å². The third-order valence-corrected chi connectivity index (χ3v) is 4.20. The standard InChI is InChI=1S/C18H24Cl2N4O2/c1-4-16(22-9-13-5-6-14(19)15(20)7-13)24-18(26)17(11(2)8-21)23-12(3)10-25/h4-8,12,22,25H,9-10,21H2,1-3H3,(H,24,26). The van der Waals surface area contributed by atoms with Crippen LogP contribution in [0.3, 0.4) is 0 Å². The predicted molar refractivity (Wildman–Crippen MR) is 107 cm³/mol. The number of nitrogens with zero attached hydrogens (tertiary/aromatic N) is 1. The van der Waals surface area contributed by atoms with Gasteiger partial charge in [-0.3, -0.25) is 9.79 Å². The predicted octanol–water partition coefficient (Wildman–Crippen LogP) is 2.74. The van der Waals surface area contributed by atoms with Gasteiger partial charge in [-0.2, -0.15) is 0 Å². The zero-order chi connectivity index (χ0) is 19.7. The smallest absolute Gasteiger partial charge is 0.275 e. The first-order chi connectivity index (χ1) is 12.3. The molecule has 0 aliphatic rings. The number of amides is 1. The summed E-state index contributed by atoms with van der Waals surface area (Å²) in [6.45, 7) is 5.45. The molecule has 26 heavy (non-hydrogen) atoms. The number of carbonyl (C=O) groups excluding carboxylic acids is 1. The molecule has 6 nitrogen and oxygen atoms in total. The summed E-state index contributed by atoms with van der Waals surface area (Å²) in [7, 11) is 0. The highest BCUT2D eigenvalue weighted by Crippen LogP contribution is 2.22. The highest BCUT2D eigenvalue weighted by atomic mass is 35.5. The lowest BCUT2D eigenvalue weighted by Crippen LogP contribution is -2.37. The van der Waals surface area contributed by atoms with Crippen LogP contribution in [0, 0.1) is 0 Å². The molecule has 0 radical (unpaired) electrons. The minimum atomic E-state index is -0.417. The first kappa shape index (κ1) is 22.0. The number of nitrogens with two attached hydrogens (primary N) is 1. The molecule has 0 aromatic heterocycles. The fourth-order valence-corrected chi connectivity index (χ4v) is 2.25. The molecule has 5 N–H and O–H groups in total. The Bertz CT molecular complexity index is 730. The van der Waals surface area contributed by atoms with Gasteiger partial charge in [-0.05, 0) is 56.3 Å². The molecule has 0 aliphatic carbocycles. The Morgan fingerprint density at radius 3 is 2.62 bits per heavy atom. The van der Waals surface area contributed by atoms with Crippen molar-refractivity contribution in [2.24, 2.45) is 10.7 Å². The highest BCUT2D eigenvalue weighted by Gasteiger charge is 2.16. The number of hydrogen-bond donors (Lipinski definition) is 4. The van der Waals surface area contributed by atoms with Crippen LogP contribution in [0.15, 0.2) is 46.9 Å². The highest BCUT2D eigenvalue weighted by molar-refractivity contribution is 6.45. The van der Waals surface area contributed by atoms with Crippen LogP contribution in [0.2, 0.25) is 10.0 Å². The van der Waals surface area contributed by atoms with E-state index < -0.39 is 11.9 Å².